The van der Waals surface area contributed by atoms with Crippen LogP contribution in [0, 0.1) is 0 Å². The summed E-state index contributed by atoms with van der Waals surface area (Å²) in [5.74, 6) is 0. The second-order valence-corrected chi connectivity index (χ2v) is 20.1. The number of rotatable bonds is 8. The van der Waals surface area contributed by atoms with Crippen molar-refractivity contribution in [2.75, 3.05) is 36.1 Å². The molecule has 1 fully saturated rings. The Hall–Kier alpha value is -2.16. The molecule has 0 saturated carbocycles. The maximum atomic E-state index is 13.1. The molecule has 1 N–H and O–H groups in total. The average Bonchev–Trinajstić information content (AvgIpc) is 3.66. The Morgan fingerprint density at radius 3 is 1.58 bits per heavy atom. The zero-order valence-electron chi connectivity index (χ0n) is 30.3. The molecule has 0 bridgehead atoms. The van der Waals surface area contributed by atoms with Crippen LogP contribution in [-0.4, -0.2) is 43.9 Å². The van der Waals surface area contributed by atoms with Crippen molar-refractivity contribution in [1.82, 2.24) is 0 Å². The highest BCUT2D eigenvalue weighted by molar-refractivity contribution is 9.11. The van der Waals surface area contributed by atoms with Crippen molar-refractivity contribution in [2.24, 2.45) is 0 Å². The van der Waals surface area contributed by atoms with E-state index >= 15 is 0 Å². The van der Waals surface area contributed by atoms with Gasteiger partial charge in [0.05, 0.1) is 21.2 Å². The van der Waals surface area contributed by atoms with Crippen molar-refractivity contribution >= 4 is 86.5 Å². The van der Waals surface area contributed by atoms with Crippen LogP contribution in [0.15, 0.2) is 104 Å². The van der Waals surface area contributed by atoms with Crippen LogP contribution in [0.4, 0.5) is 11.4 Å². The largest absolute Gasteiger partial charge is 0.381 e. The van der Waals surface area contributed by atoms with Crippen LogP contribution in [0.25, 0.3) is 0 Å². The number of methoxy groups -OCH3 is 1. The first-order chi connectivity index (χ1) is 24.2. The molecule has 0 radical (unpaired) electrons. The number of hydrogen-bond acceptors (Lipinski definition) is 6. The summed E-state index contributed by atoms with van der Waals surface area (Å²) < 4.78 is 66.1. The van der Waals surface area contributed by atoms with Crippen molar-refractivity contribution < 1.29 is 26.3 Å². The highest BCUT2D eigenvalue weighted by atomic mass is 79.9. The second-order valence-electron chi connectivity index (χ2n) is 14.0. The van der Waals surface area contributed by atoms with Crippen molar-refractivity contribution in [3.8, 4) is 0 Å². The lowest BCUT2D eigenvalue weighted by Crippen LogP contribution is -2.33. The van der Waals surface area contributed by atoms with Gasteiger partial charge in [0.25, 0.3) is 20.0 Å². The summed E-state index contributed by atoms with van der Waals surface area (Å²) in [6.07, 6.45) is 2.56. The van der Waals surface area contributed by atoms with Crippen molar-refractivity contribution in [2.45, 2.75) is 75.0 Å². The van der Waals surface area contributed by atoms with E-state index in [2.05, 4.69) is 78.1 Å². The average molecular weight is 922 g/mol. The molecule has 0 spiro atoms. The van der Waals surface area contributed by atoms with Crippen LogP contribution in [0.5, 0.6) is 0 Å². The monoisotopic (exact) mass is 918 g/mol. The SMILES string of the molecule is C1CCOC1.CC(C)(C)c1ccc(S(=O)(=O)Nc2ccc(Cl)cc2Br)cc1.COCN(c1ccc(Cl)cc1Br)S(=O)(=O)c1ccc(C(C)(C)C)cc1. The number of anilines is 2. The minimum atomic E-state index is -3.78. The first-order valence-electron chi connectivity index (χ1n) is 16.4. The van der Waals surface area contributed by atoms with Crippen LogP contribution < -0.4 is 9.03 Å². The second kappa shape index (κ2) is 18.9. The molecule has 1 aliphatic heterocycles. The van der Waals surface area contributed by atoms with Gasteiger partial charge in [-0.2, -0.15) is 0 Å². The van der Waals surface area contributed by atoms with E-state index in [1.807, 2.05) is 24.3 Å². The molecule has 4 aromatic carbocycles. The fraction of sp³-hybridized carbons (Fsp3) is 0.368. The van der Waals surface area contributed by atoms with E-state index in [0.717, 1.165) is 24.3 Å². The van der Waals surface area contributed by atoms with Gasteiger partial charge in [0.1, 0.15) is 6.73 Å². The smallest absolute Gasteiger partial charge is 0.266 e. The third kappa shape index (κ3) is 12.7. The molecule has 0 atom stereocenters. The van der Waals surface area contributed by atoms with E-state index < -0.39 is 20.0 Å². The molecule has 4 aromatic rings. The number of sulfonamides is 2. The van der Waals surface area contributed by atoms with Gasteiger partial charge in [-0.05, 0) is 127 Å². The van der Waals surface area contributed by atoms with Gasteiger partial charge in [-0.1, -0.05) is 89.0 Å². The zero-order valence-corrected chi connectivity index (χ0v) is 36.7. The van der Waals surface area contributed by atoms with Gasteiger partial charge < -0.3 is 9.47 Å². The summed E-state index contributed by atoms with van der Waals surface area (Å²) in [4.78, 5) is 0.432. The Morgan fingerprint density at radius 1 is 0.712 bits per heavy atom. The summed E-state index contributed by atoms with van der Waals surface area (Å²) in [6, 6.07) is 23.7. The molecule has 0 unspecified atom stereocenters. The van der Waals surface area contributed by atoms with Gasteiger partial charge in [0.15, 0.2) is 0 Å². The molecule has 52 heavy (non-hydrogen) atoms. The maximum Gasteiger partial charge on any atom is 0.266 e. The third-order valence-corrected chi connectivity index (χ3v) is 12.7. The number of halogens is 4. The van der Waals surface area contributed by atoms with E-state index in [9.17, 15) is 16.8 Å². The van der Waals surface area contributed by atoms with E-state index in [-0.39, 0.29) is 27.4 Å². The Kier molecular flexibility index (Phi) is 16.1. The molecular weight excluding hydrogens is 875 g/mol. The van der Waals surface area contributed by atoms with Gasteiger partial charge >= 0.3 is 0 Å². The zero-order chi connectivity index (χ0) is 38.9. The normalized spacial score (nSPS) is 13.4. The summed E-state index contributed by atoms with van der Waals surface area (Å²) >= 11 is 18.5. The summed E-state index contributed by atoms with van der Waals surface area (Å²) in [5.41, 5.74) is 3.00. The molecule has 1 heterocycles. The third-order valence-electron chi connectivity index (χ3n) is 7.77. The lowest BCUT2D eigenvalue weighted by molar-refractivity contribution is 0.198. The summed E-state index contributed by atoms with van der Waals surface area (Å²) in [6.45, 7) is 14.4. The molecule has 14 heteroatoms. The van der Waals surface area contributed by atoms with Crippen molar-refractivity contribution in [3.63, 3.8) is 0 Å². The van der Waals surface area contributed by atoms with Gasteiger partial charge in [-0.25, -0.2) is 21.1 Å². The minimum absolute atomic E-state index is 0.0189. The maximum absolute atomic E-state index is 13.1. The lowest BCUT2D eigenvalue weighted by atomic mass is 9.87. The van der Waals surface area contributed by atoms with Crippen LogP contribution in [0.3, 0.4) is 0 Å². The molecule has 5 rings (SSSR count). The number of nitrogens with one attached hydrogen (secondary N) is 1. The van der Waals surface area contributed by atoms with Crippen LogP contribution in [0.2, 0.25) is 10.0 Å². The Labute approximate surface area is 336 Å². The molecule has 8 nitrogen and oxygen atoms in total. The van der Waals surface area contributed by atoms with Crippen LogP contribution in [0.1, 0.15) is 65.5 Å². The van der Waals surface area contributed by atoms with Gasteiger partial charge in [0.2, 0.25) is 0 Å². The minimum Gasteiger partial charge on any atom is -0.381 e. The molecule has 0 aliphatic carbocycles. The van der Waals surface area contributed by atoms with Crippen molar-refractivity contribution in [1.29, 1.82) is 0 Å². The fourth-order valence-corrected chi connectivity index (χ4v) is 9.15. The molecule has 1 aliphatic rings. The highest BCUT2D eigenvalue weighted by Gasteiger charge is 2.27. The topological polar surface area (TPSA) is 102 Å². The number of benzene rings is 4. The van der Waals surface area contributed by atoms with Crippen LogP contribution in [-0.2, 0) is 40.4 Å². The molecule has 0 amide bonds. The number of nitrogens with zero attached hydrogens (tertiary/aromatic N) is 1. The van der Waals surface area contributed by atoms with E-state index in [1.165, 1.54) is 24.3 Å². The molecule has 0 aromatic heterocycles. The number of hydrogen-bond donors (Lipinski definition) is 1. The summed E-state index contributed by atoms with van der Waals surface area (Å²) in [7, 11) is -5.96. The Bertz CT molecular complexity index is 1990. The predicted molar refractivity (Wildman–Crippen MR) is 221 cm³/mol. The first kappa shape index (κ1) is 44.2. The summed E-state index contributed by atoms with van der Waals surface area (Å²) in [5, 5.41) is 1.05. The predicted octanol–water partition coefficient (Wildman–Crippen LogP) is 11.2. The van der Waals surface area contributed by atoms with E-state index in [1.54, 1.807) is 60.7 Å². The van der Waals surface area contributed by atoms with Gasteiger partial charge in [0, 0.05) is 39.3 Å². The Morgan fingerprint density at radius 2 is 1.17 bits per heavy atom. The Balaban J connectivity index is 0.000000248. The number of ether oxygens (including phenoxy) is 2. The van der Waals surface area contributed by atoms with E-state index in [0.29, 0.717) is 30.4 Å². The lowest BCUT2D eigenvalue weighted by Gasteiger charge is -2.25. The molecule has 1 saturated heterocycles. The van der Waals surface area contributed by atoms with Crippen LogP contribution >= 0.6 is 55.1 Å². The quantitative estimate of drug-likeness (QED) is 0.177. The van der Waals surface area contributed by atoms with Gasteiger partial charge in [-0.3, -0.25) is 4.72 Å². The first-order valence-corrected chi connectivity index (χ1v) is 21.7. The highest BCUT2D eigenvalue weighted by Crippen LogP contribution is 2.34. The fourth-order valence-electron chi connectivity index (χ4n) is 4.74. The standard InChI is InChI=1S/C18H21BrClNO3S.C16H17BrClNO2S.C4H8O/c1-18(2,3)13-5-8-15(9-6-13)25(22,23)21(12-24-4)17-10-7-14(20)11-16(17)19;1-16(2,3)11-4-7-13(8-5-11)22(20,21)19-15-9-6-12(18)10-14(15)17;1-2-4-5-3-1/h5-11H,12H2,1-4H3;4-10,19H,1-3H3;1-4H2. The van der Waals surface area contributed by atoms with E-state index in [4.69, 9.17) is 32.7 Å². The van der Waals surface area contributed by atoms with Gasteiger partial charge in [-0.15, -0.1) is 0 Å². The molecular formula is C38H46Br2Cl2N2O6S2. The van der Waals surface area contributed by atoms with Crippen molar-refractivity contribution in [3.05, 3.63) is 115 Å². The molecule has 284 valence electrons.